The Bertz CT molecular complexity index is 375. The molecule has 0 saturated carbocycles. The van der Waals surface area contributed by atoms with E-state index in [0.717, 1.165) is 13.1 Å². The summed E-state index contributed by atoms with van der Waals surface area (Å²) in [5.74, 6) is -0.455. The van der Waals surface area contributed by atoms with Crippen LogP contribution in [-0.2, 0) is 0 Å². The smallest absolute Gasteiger partial charge is 0.137 e. The quantitative estimate of drug-likeness (QED) is 0.691. The topological polar surface area (TPSA) is 53.8 Å². The maximum absolute atomic E-state index is 10.6. The highest BCUT2D eigenvalue weighted by molar-refractivity contribution is 5.85. The van der Waals surface area contributed by atoms with E-state index in [1.165, 1.54) is 36.4 Å². The van der Waals surface area contributed by atoms with Crippen molar-refractivity contribution in [2.75, 3.05) is 26.2 Å². The molecule has 4 nitrogen and oxygen atoms in total. The third-order valence-corrected chi connectivity index (χ3v) is 3.20. The molecular formula is C15H23NO3. The number of unbranched alkanes of at least 4 members (excludes halogenated alkanes) is 1. The van der Waals surface area contributed by atoms with Gasteiger partial charge in [0.15, 0.2) is 0 Å². The van der Waals surface area contributed by atoms with Crippen LogP contribution in [0.4, 0.5) is 0 Å². The fourth-order valence-electron chi connectivity index (χ4n) is 1.91. The second-order valence-corrected chi connectivity index (χ2v) is 4.62. The molecule has 0 bridgehead atoms. The van der Waals surface area contributed by atoms with Crippen LogP contribution < -0.4 is 14.7 Å². The fourth-order valence-corrected chi connectivity index (χ4v) is 1.91. The Morgan fingerprint density at radius 2 is 1.89 bits per heavy atom. The zero-order valence-electron chi connectivity index (χ0n) is 11.8. The summed E-state index contributed by atoms with van der Waals surface area (Å²) in [5.41, 5.74) is 0.177. The van der Waals surface area contributed by atoms with Gasteiger partial charge in [0.25, 0.3) is 0 Å². The second kappa shape index (κ2) is 8.53. The Hall–Kier alpha value is -1.55. The zero-order chi connectivity index (χ0) is 14.1. The summed E-state index contributed by atoms with van der Waals surface area (Å²) in [6, 6.07) is 6.35. The number of ether oxygens (including phenoxy) is 1. The van der Waals surface area contributed by atoms with E-state index in [0.29, 0.717) is 12.4 Å². The number of hydrogen-bond donors (Lipinski definition) is 1. The number of aromatic carboxylic acids is 1. The number of quaternary nitrogens is 1. The van der Waals surface area contributed by atoms with E-state index >= 15 is 0 Å². The van der Waals surface area contributed by atoms with Crippen LogP contribution in [0.15, 0.2) is 24.3 Å². The molecule has 0 aliphatic heterocycles. The molecule has 0 amide bonds. The number of carbonyl (C=O) groups is 1. The Labute approximate surface area is 115 Å². The first-order valence-electron chi connectivity index (χ1n) is 6.95. The molecule has 0 saturated heterocycles. The van der Waals surface area contributed by atoms with E-state index in [4.69, 9.17) is 4.74 Å². The van der Waals surface area contributed by atoms with Crippen molar-refractivity contribution in [3.05, 3.63) is 29.8 Å². The molecule has 19 heavy (non-hydrogen) atoms. The molecule has 1 atom stereocenters. The average Bonchev–Trinajstić information content (AvgIpc) is 2.43. The number of carbonyl (C=O) groups excluding carboxylic acids is 1. The van der Waals surface area contributed by atoms with Gasteiger partial charge in [-0.15, -0.1) is 0 Å². The zero-order valence-corrected chi connectivity index (χ0v) is 11.8. The van der Waals surface area contributed by atoms with Crippen LogP contribution in [0, 0.1) is 0 Å². The number of likely N-dealkylation sites (N-methyl/N-ethyl adjacent to an activating group) is 1. The normalized spacial score (nSPS) is 12.1. The van der Waals surface area contributed by atoms with Gasteiger partial charge < -0.3 is 19.5 Å². The molecule has 4 heteroatoms. The van der Waals surface area contributed by atoms with Gasteiger partial charge in [0.05, 0.1) is 19.1 Å². The molecule has 0 aliphatic carbocycles. The molecule has 0 aliphatic rings. The van der Waals surface area contributed by atoms with Gasteiger partial charge in [-0.1, -0.05) is 13.3 Å². The predicted octanol–water partition coefficient (Wildman–Crippen LogP) is 0.134. The van der Waals surface area contributed by atoms with Crippen LogP contribution in [-0.4, -0.2) is 32.2 Å². The summed E-state index contributed by atoms with van der Waals surface area (Å²) in [4.78, 5) is 12.1. The lowest BCUT2D eigenvalue weighted by atomic mass is 10.2. The van der Waals surface area contributed by atoms with Crippen molar-refractivity contribution in [2.24, 2.45) is 0 Å². The van der Waals surface area contributed by atoms with Crippen LogP contribution in [0.2, 0.25) is 0 Å². The summed E-state index contributed by atoms with van der Waals surface area (Å²) < 4.78 is 5.62. The van der Waals surface area contributed by atoms with E-state index in [-0.39, 0.29) is 5.56 Å². The number of rotatable bonds is 9. The minimum atomic E-state index is -1.16. The highest BCUT2D eigenvalue weighted by Gasteiger charge is 2.05. The van der Waals surface area contributed by atoms with E-state index in [1.807, 2.05) is 0 Å². The molecule has 0 radical (unpaired) electrons. The molecule has 1 rings (SSSR count). The average molecular weight is 265 g/mol. The first kappa shape index (κ1) is 15.5. The van der Waals surface area contributed by atoms with Crippen molar-refractivity contribution in [3.63, 3.8) is 0 Å². The Balaban J connectivity index is 2.33. The van der Waals surface area contributed by atoms with E-state index < -0.39 is 5.97 Å². The van der Waals surface area contributed by atoms with Crippen LogP contribution in [0.5, 0.6) is 5.75 Å². The summed E-state index contributed by atoms with van der Waals surface area (Å²) in [5, 5.41) is 10.6. The maximum atomic E-state index is 10.6. The molecule has 1 unspecified atom stereocenters. The Morgan fingerprint density at radius 1 is 1.21 bits per heavy atom. The minimum Gasteiger partial charge on any atom is -0.545 e. The SMILES string of the molecule is CCCC[NH+](CC)CCOc1ccc(C(=O)[O-])cc1. The van der Waals surface area contributed by atoms with Crippen LogP contribution in [0.3, 0.4) is 0 Å². The molecule has 1 aromatic carbocycles. The van der Waals surface area contributed by atoms with Crippen molar-refractivity contribution in [1.29, 1.82) is 0 Å². The van der Waals surface area contributed by atoms with Crippen LogP contribution >= 0.6 is 0 Å². The van der Waals surface area contributed by atoms with E-state index in [1.54, 1.807) is 12.1 Å². The third kappa shape index (κ3) is 5.75. The van der Waals surface area contributed by atoms with Gasteiger partial charge in [-0.05, 0) is 43.2 Å². The molecule has 0 heterocycles. The van der Waals surface area contributed by atoms with Crippen molar-refractivity contribution in [3.8, 4) is 5.75 Å². The molecule has 0 aromatic heterocycles. The second-order valence-electron chi connectivity index (χ2n) is 4.62. The van der Waals surface area contributed by atoms with Crippen LogP contribution in [0.1, 0.15) is 37.0 Å². The van der Waals surface area contributed by atoms with Crippen LogP contribution in [0.25, 0.3) is 0 Å². The van der Waals surface area contributed by atoms with Gasteiger partial charge in [-0.25, -0.2) is 0 Å². The number of carboxylic acid groups (broad SMARTS) is 1. The summed E-state index contributed by atoms with van der Waals surface area (Å²) in [6.07, 6.45) is 2.46. The lowest BCUT2D eigenvalue weighted by molar-refractivity contribution is -0.898. The minimum absolute atomic E-state index is 0.177. The summed E-state index contributed by atoms with van der Waals surface area (Å²) >= 11 is 0. The Morgan fingerprint density at radius 3 is 2.42 bits per heavy atom. The molecule has 0 fully saturated rings. The van der Waals surface area contributed by atoms with Gasteiger partial charge in [0.2, 0.25) is 0 Å². The number of nitrogens with one attached hydrogen (secondary N) is 1. The standard InChI is InChI=1S/C15H23NO3/c1-3-5-10-16(4-2)11-12-19-14-8-6-13(7-9-14)15(17)18/h6-9H,3-5,10-12H2,1-2H3,(H,17,18). The van der Waals surface area contributed by atoms with E-state index in [9.17, 15) is 9.90 Å². The maximum Gasteiger partial charge on any atom is 0.137 e. The highest BCUT2D eigenvalue weighted by Crippen LogP contribution is 2.11. The molecule has 1 aromatic rings. The largest absolute Gasteiger partial charge is 0.545 e. The monoisotopic (exact) mass is 265 g/mol. The number of hydrogen-bond acceptors (Lipinski definition) is 3. The van der Waals surface area contributed by atoms with Crippen molar-refractivity contribution in [1.82, 2.24) is 0 Å². The summed E-state index contributed by atoms with van der Waals surface area (Å²) in [7, 11) is 0. The lowest BCUT2D eigenvalue weighted by Gasteiger charge is -2.17. The third-order valence-electron chi connectivity index (χ3n) is 3.20. The van der Waals surface area contributed by atoms with Gasteiger partial charge in [0, 0.05) is 0 Å². The highest BCUT2D eigenvalue weighted by atomic mass is 16.5. The van der Waals surface area contributed by atoms with Crippen molar-refractivity contribution in [2.45, 2.75) is 26.7 Å². The molecule has 106 valence electrons. The lowest BCUT2D eigenvalue weighted by Crippen LogP contribution is -3.12. The van der Waals surface area contributed by atoms with Crippen molar-refractivity contribution >= 4 is 5.97 Å². The summed E-state index contributed by atoms with van der Waals surface area (Å²) in [6.45, 7) is 8.28. The van der Waals surface area contributed by atoms with Crippen molar-refractivity contribution < 1.29 is 19.5 Å². The first-order valence-corrected chi connectivity index (χ1v) is 6.95. The van der Waals surface area contributed by atoms with Gasteiger partial charge in [-0.2, -0.15) is 0 Å². The fraction of sp³-hybridized carbons (Fsp3) is 0.533. The molecule has 0 spiro atoms. The predicted molar refractivity (Wildman–Crippen MR) is 72.4 cm³/mol. The Kier molecular flexibility index (Phi) is 6.97. The molecular weight excluding hydrogens is 242 g/mol. The van der Waals surface area contributed by atoms with Gasteiger partial charge >= 0.3 is 0 Å². The first-order chi connectivity index (χ1) is 9.17. The number of benzene rings is 1. The van der Waals surface area contributed by atoms with Gasteiger partial charge in [-0.3, -0.25) is 0 Å². The van der Waals surface area contributed by atoms with E-state index in [2.05, 4.69) is 13.8 Å². The van der Waals surface area contributed by atoms with Gasteiger partial charge in [0.1, 0.15) is 18.9 Å². The molecule has 1 N–H and O–H groups in total. The number of carboxylic acids is 1.